The van der Waals surface area contributed by atoms with Crippen molar-refractivity contribution in [3.63, 3.8) is 0 Å². The van der Waals surface area contributed by atoms with Crippen LogP contribution in [0.15, 0.2) is 59.1 Å². The van der Waals surface area contributed by atoms with Crippen molar-refractivity contribution in [1.82, 2.24) is 15.2 Å². The summed E-state index contributed by atoms with van der Waals surface area (Å²) in [6.07, 6.45) is 1.17. The Morgan fingerprint density at radius 1 is 1.21 bits per heavy atom. The number of ether oxygens (including phenoxy) is 1. The Kier molecular flexibility index (Phi) is 4.78. The van der Waals surface area contributed by atoms with Crippen molar-refractivity contribution in [2.45, 2.75) is 19.4 Å². The van der Waals surface area contributed by atoms with Gasteiger partial charge in [0.05, 0.1) is 11.3 Å². The van der Waals surface area contributed by atoms with Gasteiger partial charge in [-0.05, 0) is 30.7 Å². The standard InChI is InChI=1S/C20H16N4O5/c1-12(28-18(25)10-14-11-21-17-5-3-2-4-16(14)17)19-22-23-20(29-19)13-6-8-15(9-7-13)24(26)27/h2-9,11-12,21H,10H2,1H3. The van der Waals surface area contributed by atoms with Crippen molar-refractivity contribution in [2.75, 3.05) is 0 Å². The van der Waals surface area contributed by atoms with E-state index in [0.29, 0.717) is 5.56 Å². The number of para-hydroxylation sites is 1. The Labute approximate surface area is 164 Å². The van der Waals surface area contributed by atoms with Gasteiger partial charge in [-0.1, -0.05) is 18.2 Å². The molecule has 1 N–H and O–H groups in total. The van der Waals surface area contributed by atoms with Crippen molar-refractivity contribution < 1.29 is 18.9 Å². The molecule has 0 fully saturated rings. The highest BCUT2D eigenvalue weighted by molar-refractivity contribution is 5.87. The molecule has 1 atom stereocenters. The maximum absolute atomic E-state index is 12.3. The predicted octanol–water partition coefficient (Wildman–Crippen LogP) is 3.97. The van der Waals surface area contributed by atoms with E-state index in [9.17, 15) is 14.9 Å². The summed E-state index contributed by atoms with van der Waals surface area (Å²) < 4.78 is 11.0. The van der Waals surface area contributed by atoms with E-state index in [1.807, 2.05) is 24.3 Å². The molecule has 9 nitrogen and oxygen atoms in total. The second kappa shape index (κ2) is 7.55. The summed E-state index contributed by atoms with van der Waals surface area (Å²) in [6.45, 7) is 1.64. The number of benzene rings is 2. The molecule has 0 saturated heterocycles. The number of hydrogen-bond acceptors (Lipinski definition) is 7. The summed E-state index contributed by atoms with van der Waals surface area (Å²) in [5, 5.41) is 19.5. The number of nitro groups is 1. The highest BCUT2D eigenvalue weighted by atomic mass is 16.6. The second-order valence-electron chi connectivity index (χ2n) is 6.42. The van der Waals surface area contributed by atoms with Crippen molar-refractivity contribution in [3.05, 3.63) is 76.3 Å². The quantitative estimate of drug-likeness (QED) is 0.299. The number of nitro benzene ring substituents is 1. The highest BCUT2D eigenvalue weighted by Gasteiger charge is 2.20. The zero-order valence-corrected chi connectivity index (χ0v) is 15.4. The van der Waals surface area contributed by atoms with Gasteiger partial charge in [0, 0.05) is 34.8 Å². The van der Waals surface area contributed by atoms with Gasteiger partial charge in [-0.3, -0.25) is 14.9 Å². The smallest absolute Gasteiger partial charge is 0.311 e. The van der Waals surface area contributed by atoms with E-state index in [-0.39, 0.29) is 23.9 Å². The molecule has 4 aromatic rings. The van der Waals surface area contributed by atoms with Crippen LogP contribution in [0.2, 0.25) is 0 Å². The van der Waals surface area contributed by atoms with Gasteiger partial charge in [0.1, 0.15) is 0 Å². The van der Waals surface area contributed by atoms with E-state index >= 15 is 0 Å². The Morgan fingerprint density at radius 2 is 1.97 bits per heavy atom. The minimum absolute atomic E-state index is 0.0342. The summed E-state index contributed by atoms with van der Waals surface area (Å²) in [6, 6.07) is 13.4. The van der Waals surface area contributed by atoms with Gasteiger partial charge in [-0.15, -0.1) is 10.2 Å². The Hall–Kier alpha value is -4.01. The minimum atomic E-state index is -0.730. The van der Waals surface area contributed by atoms with Gasteiger partial charge in [0.25, 0.3) is 11.6 Å². The first-order valence-corrected chi connectivity index (χ1v) is 8.84. The molecule has 0 radical (unpaired) electrons. The lowest BCUT2D eigenvalue weighted by Gasteiger charge is -2.09. The van der Waals surface area contributed by atoms with Crippen LogP contribution in [0.1, 0.15) is 24.5 Å². The summed E-state index contributed by atoms with van der Waals surface area (Å²) in [4.78, 5) is 25.7. The van der Waals surface area contributed by atoms with E-state index in [2.05, 4.69) is 15.2 Å². The zero-order valence-electron chi connectivity index (χ0n) is 15.4. The van der Waals surface area contributed by atoms with E-state index in [1.165, 1.54) is 24.3 Å². The molecule has 0 aliphatic rings. The number of esters is 1. The number of carbonyl (C=O) groups is 1. The van der Waals surface area contributed by atoms with E-state index in [4.69, 9.17) is 9.15 Å². The van der Waals surface area contributed by atoms with Crippen molar-refractivity contribution in [3.8, 4) is 11.5 Å². The van der Waals surface area contributed by atoms with Crippen molar-refractivity contribution in [2.24, 2.45) is 0 Å². The van der Waals surface area contributed by atoms with Crippen LogP contribution in [0, 0.1) is 10.1 Å². The van der Waals surface area contributed by atoms with Crippen molar-refractivity contribution >= 4 is 22.6 Å². The average Bonchev–Trinajstić information content (AvgIpc) is 3.36. The van der Waals surface area contributed by atoms with Crippen LogP contribution in [0.4, 0.5) is 5.69 Å². The number of carbonyl (C=O) groups excluding carboxylic acids is 1. The monoisotopic (exact) mass is 392 g/mol. The topological polar surface area (TPSA) is 124 Å². The number of nitrogens with zero attached hydrogens (tertiary/aromatic N) is 3. The third-order valence-corrected chi connectivity index (χ3v) is 4.43. The van der Waals surface area contributed by atoms with Crippen LogP contribution >= 0.6 is 0 Å². The fourth-order valence-electron chi connectivity index (χ4n) is 2.96. The molecular formula is C20H16N4O5. The fourth-order valence-corrected chi connectivity index (χ4v) is 2.96. The van der Waals surface area contributed by atoms with Gasteiger partial charge < -0.3 is 14.1 Å². The molecule has 0 bridgehead atoms. The molecule has 9 heteroatoms. The number of nitrogens with one attached hydrogen (secondary N) is 1. The normalized spacial score (nSPS) is 12.0. The first kappa shape index (κ1) is 18.4. The third-order valence-electron chi connectivity index (χ3n) is 4.43. The molecule has 4 rings (SSSR count). The Bertz CT molecular complexity index is 1180. The van der Waals surface area contributed by atoms with Gasteiger partial charge in [0.2, 0.25) is 5.89 Å². The number of aromatic amines is 1. The molecular weight excluding hydrogens is 376 g/mol. The lowest BCUT2D eigenvalue weighted by Crippen LogP contribution is -2.11. The van der Waals surface area contributed by atoms with Gasteiger partial charge in [-0.25, -0.2) is 0 Å². The van der Waals surface area contributed by atoms with E-state index in [0.717, 1.165) is 16.5 Å². The number of rotatable bonds is 6. The number of fused-ring (bicyclic) bond motifs is 1. The molecule has 0 spiro atoms. The zero-order chi connectivity index (χ0) is 20.4. The van der Waals surface area contributed by atoms with Gasteiger partial charge in [-0.2, -0.15) is 0 Å². The number of hydrogen-bond donors (Lipinski definition) is 1. The van der Waals surface area contributed by atoms with Crippen LogP contribution < -0.4 is 0 Å². The van der Waals surface area contributed by atoms with Gasteiger partial charge in [0.15, 0.2) is 6.10 Å². The Morgan fingerprint density at radius 3 is 2.72 bits per heavy atom. The minimum Gasteiger partial charge on any atom is -0.452 e. The number of non-ortho nitro benzene ring substituents is 1. The number of H-pyrrole nitrogens is 1. The summed E-state index contributed by atoms with van der Waals surface area (Å²) in [5.41, 5.74) is 2.29. The molecule has 0 saturated carbocycles. The van der Waals surface area contributed by atoms with Crippen LogP contribution in [-0.4, -0.2) is 26.1 Å². The first-order chi connectivity index (χ1) is 14.0. The van der Waals surface area contributed by atoms with Crippen LogP contribution in [-0.2, 0) is 16.0 Å². The summed E-state index contributed by atoms with van der Waals surface area (Å²) in [5.74, 6) is -0.0857. The summed E-state index contributed by atoms with van der Waals surface area (Å²) >= 11 is 0. The molecule has 2 aromatic heterocycles. The van der Waals surface area contributed by atoms with E-state index < -0.39 is 17.0 Å². The predicted molar refractivity (Wildman–Crippen MR) is 103 cm³/mol. The van der Waals surface area contributed by atoms with Crippen molar-refractivity contribution in [1.29, 1.82) is 0 Å². The number of aromatic nitrogens is 3. The molecule has 0 aliphatic heterocycles. The lowest BCUT2D eigenvalue weighted by atomic mass is 10.1. The molecule has 146 valence electrons. The molecule has 1 unspecified atom stereocenters. The van der Waals surface area contributed by atoms with E-state index in [1.54, 1.807) is 13.1 Å². The molecule has 0 amide bonds. The van der Waals surface area contributed by atoms with Crippen LogP contribution in [0.5, 0.6) is 0 Å². The highest BCUT2D eigenvalue weighted by Crippen LogP contribution is 2.25. The molecule has 29 heavy (non-hydrogen) atoms. The third kappa shape index (κ3) is 3.84. The SMILES string of the molecule is CC(OC(=O)Cc1c[nH]c2ccccc12)c1nnc(-c2ccc([N+](=O)[O-])cc2)o1. The average molecular weight is 392 g/mol. The van der Waals surface area contributed by atoms with Crippen LogP contribution in [0.3, 0.4) is 0 Å². The summed E-state index contributed by atoms with van der Waals surface area (Å²) in [7, 11) is 0. The molecule has 0 aliphatic carbocycles. The first-order valence-electron chi connectivity index (χ1n) is 8.84. The molecule has 2 aromatic carbocycles. The maximum atomic E-state index is 12.3. The fraction of sp³-hybridized carbons (Fsp3) is 0.150. The van der Waals surface area contributed by atoms with Crippen LogP contribution in [0.25, 0.3) is 22.4 Å². The lowest BCUT2D eigenvalue weighted by molar-refractivity contribution is -0.384. The second-order valence-corrected chi connectivity index (χ2v) is 6.42. The Balaban J connectivity index is 1.42. The molecule has 2 heterocycles. The largest absolute Gasteiger partial charge is 0.452 e. The maximum Gasteiger partial charge on any atom is 0.311 e. The van der Waals surface area contributed by atoms with Gasteiger partial charge >= 0.3 is 5.97 Å².